The second-order valence-corrected chi connectivity index (χ2v) is 10.2. The van der Waals surface area contributed by atoms with Gasteiger partial charge < -0.3 is 24.6 Å². The Labute approximate surface area is 213 Å². The first-order chi connectivity index (χ1) is 17.6. The number of hydrogen-bond donors (Lipinski definition) is 1. The number of methoxy groups -OCH3 is 2. The predicted molar refractivity (Wildman–Crippen MR) is 140 cm³/mol. The molecule has 36 heavy (non-hydrogen) atoms. The fourth-order valence-electron chi connectivity index (χ4n) is 6.32. The highest BCUT2D eigenvalue weighted by Crippen LogP contribution is 2.41. The van der Waals surface area contributed by atoms with Crippen molar-refractivity contribution < 1.29 is 19.1 Å². The Balaban J connectivity index is 1.26. The van der Waals surface area contributed by atoms with Crippen LogP contribution in [0.15, 0.2) is 48.5 Å². The van der Waals surface area contributed by atoms with Gasteiger partial charge >= 0.3 is 0 Å². The smallest absolute Gasteiger partial charge is 0.258 e. The zero-order valence-electron chi connectivity index (χ0n) is 21.3. The van der Waals surface area contributed by atoms with Gasteiger partial charge in [-0.1, -0.05) is 25.0 Å². The lowest BCUT2D eigenvalue weighted by atomic mass is 9.84. The highest BCUT2D eigenvalue weighted by Gasteiger charge is 2.48. The summed E-state index contributed by atoms with van der Waals surface area (Å²) in [6.45, 7) is 1.77. The Morgan fingerprint density at radius 2 is 1.61 bits per heavy atom. The normalized spacial score (nSPS) is 24.2. The van der Waals surface area contributed by atoms with E-state index in [9.17, 15) is 9.59 Å². The first kappa shape index (κ1) is 24.5. The van der Waals surface area contributed by atoms with Crippen LogP contribution < -0.4 is 19.7 Å². The van der Waals surface area contributed by atoms with Crippen molar-refractivity contribution in [2.45, 2.75) is 63.1 Å². The number of rotatable bonds is 6. The molecule has 2 aromatic rings. The van der Waals surface area contributed by atoms with Crippen molar-refractivity contribution in [1.29, 1.82) is 0 Å². The van der Waals surface area contributed by atoms with Crippen molar-refractivity contribution in [1.82, 2.24) is 10.2 Å². The fourth-order valence-corrected chi connectivity index (χ4v) is 6.32. The lowest BCUT2D eigenvalue weighted by Gasteiger charge is -2.36. The minimum Gasteiger partial charge on any atom is -0.497 e. The van der Waals surface area contributed by atoms with Crippen LogP contribution in [0.5, 0.6) is 11.5 Å². The van der Waals surface area contributed by atoms with Gasteiger partial charge in [0.1, 0.15) is 17.5 Å². The van der Waals surface area contributed by atoms with E-state index in [4.69, 9.17) is 9.47 Å². The Hall–Kier alpha value is -3.22. The molecule has 0 aromatic heterocycles. The topological polar surface area (TPSA) is 71.1 Å². The van der Waals surface area contributed by atoms with E-state index in [1.54, 1.807) is 20.3 Å². The number of hydrogen-bond acceptors (Lipinski definition) is 5. The van der Waals surface area contributed by atoms with Crippen LogP contribution in [0.25, 0.3) is 0 Å². The van der Waals surface area contributed by atoms with E-state index in [1.807, 2.05) is 35.2 Å². The molecule has 2 heterocycles. The molecule has 0 radical (unpaired) electrons. The number of fused-ring (bicyclic) bond motifs is 1. The summed E-state index contributed by atoms with van der Waals surface area (Å²) in [6.07, 6.45) is 6.86. The number of ether oxygens (including phenoxy) is 2. The quantitative estimate of drug-likeness (QED) is 0.654. The molecule has 1 saturated carbocycles. The molecule has 2 saturated heterocycles. The molecule has 1 aliphatic carbocycles. The highest BCUT2D eigenvalue weighted by atomic mass is 16.5. The molecule has 192 valence electrons. The third-order valence-electron chi connectivity index (χ3n) is 8.24. The Bertz CT molecular complexity index is 1060. The van der Waals surface area contributed by atoms with Gasteiger partial charge in [0.25, 0.3) is 5.91 Å². The number of carbonyl (C=O) groups is 2. The van der Waals surface area contributed by atoms with Gasteiger partial charge in [-0.05, 0) is 74.4 Å². The molecule has 3 aliphatic rings. The Kier molecular flexibility index (Phi) is 7.35. The van der Waals surface area contributed by atoms with Gasteiger partial charge in [0.2, 0.25) is 5.91 Å². The summed E-state index contributed by atoms with van der Waals surface area (Å²) in [5.74, 6) is 1.72. The zero-order valence-corrected chi connectivity index (χ0v) is 21.3. The largest absolute Gasteiger partial charge is 0.497 e. The highest BCUT2D eigenvalue weighted by molar-refractivity contribution is 6.00. The predicted octanol–water partition coefficient (Wildman–Crippen LogP) is 4.26. The summed E-state index contributed by atoms with van der Waals surface area (Å²) in [5, 5.41) is 3.31. The standard InChI is InChI=1S/C29H37N3O4/c1-35-23-13-11-22(12-14-23)31-17-15-21(16-18-31)30-28(33)26-19-20-7-3-5-9-25(20)32(26)29(34)24-8-4-6-10-27(24)36-2/h4,6,8,10-14,20-21,25-26H,3,5,7,9,15-19H2,1-2H3,(H,30,33). The van der Waals surface area contributed by atoms with Gasteiger partial charge in [-0.2, -0.15) is 0 Å². The summed E-state index contributed by atoms with van der Waals surface area (Å²) in [6, 6.07) is 15.3. The number of likely N-dealkylation sites (tertiary alicyclic amines) is 1. The van der Waals surface area contributed by atoms with Crippen LogP contribution in [0, 0.1) is 5.92 Å². The molecule has 0 bridgehead atoms. The molecule has 3 atom stereocenters. The Morgan fingerprint density at radius 3 is 2.33 bits per heavy atom. The van der Waals surface area contributed by atoms with Crippen molar-refractivity contribution in [2.24, 2.45) is 5.92 Å². The van der Waals surface area contributed by atoms with Gasteiger partial charge in [0.15, 0.2) is 0 Å². The molecular weight excluding hydrogens is 454 g/mol. The summed E-state index contributed by atoms with van der Waals surface area (Å²) in [5.41, 5.74) is 1.71. The second-order valence-electron chi connectivity index (χ2n) is 10.2. The molecular formula is C29H37N3O4. The van der Waals surface area contributed by atoms with Crippen LogP contribution in [0.3, 0.4) is 0 Å². The third kappa shape index (κ3) is 4.88. The molecule has 7 heteroatoms. The molecule has 2 amide bonds. The summed E-state index contributed by atoms with van der Waals surface area (Å²) < 4.78 is 10.7. The molecule has 7 nitrogen and oxygen atoms in total. The number of para-hydroxylation sites is 1. The SMILES string of the molecule is COc1ccc(N2CCC(NC(=O)C3CC4CCCCC4N3C(=O)c3ccccc3OC)CC2)cc1. The Morgan fingerprint density at radius 1 is 0.889 bits per heavy atom. The first-order valence-electron chi connectivity index (χ1n) is 13.2. The molecule has 2 aromatic carbocycles. The molecule has 3 fully saturated rings. The van der Waals surface area contributed by atoms with E-state index in [0.29, 0.717) is 17.2 Å². The monoisotopic (exact) mass is 491 g/mol. The lowest BCUT2D eigenvalue weighted by molar-refractivity contribution is -0.126. The van der Waals surface area contributed by atoms with Crippen LogP contribution in [-0.4, -0.2) is 62.1 Å². The minimum absolute atomic E-state index is 0.00412. The van der Waals surface area contributed by atoms with E-state index in [1.165, 1.54) is 12.1 Å². The third-order valence-corrected chi connectivity index (χ3v) is 8.24. The van der Waals surface area contributed by atoms with Gasteiger partial charge in [0.05, 0.1) is 19.8 Å². The molecule has 5 rings (SSSR count). The van der Waals surface area contributed by atoms with Gasteiger partial charge in [-0.25, -0.2) is 0 Å². The van der Waals surface area contributed by atoms with E-state index in [2.05, 4.69) is 22.3 Å². The van der Waals surface area contributed by atoms with Crippen molar-refractivity contribution in [2.75, 3.05) is 32.2 Å². The lowest BCUT2D eigenvalue weighted by Crippen LogP contribution is -2.53. The van der Waals surface area contributed by atoms with Crippen molar-refractivity contribution in [3.05, 3.63) is 54.1 Å². The fraction of sp³-hybridized carbons (Fsp3) is 0.517. The average Bonchev–Trinajstić information content (AvgIpc) is 3.33. The van der Waals surface area contributed by atoms with Gasteiger partial charge in [0, 0.05) is 30.9 Å². The molecule has 2 aliphatic heterocycles. The zero-order chi connectivity index (χ0) is 25.1. The number of nitrogens with zero attached hydrogens (tertiary/aromatic N) is 2. The summed E-state index contributed by atoms with van der Waals surface area (Å²) in [7, 11) is 3.26. The van der Waals surface area contributed by atoms with Crippen LogP contribution >= 0.6 is 0 Å². The van der Waals surface area contributed by atoms with Crippen molar-refractivity contribution in [3.8, 4) is 11.5 Å². The van der Waals surface area contributed by atoms with E-state index in [0.717, 1.165) is 57.4 Å². The summed E-state index contributed by atoms with van der Waals surface area (Å²) in [4.78, 5) is 31.6. The van der Waals surface area contributed by atoms with Gasteiger partial charge in [-0.3, -0.25) is 9.59 Å². The first-order valence-corrected chi connectivity index (χ1v) is 13.2. The van der Waals surface area contributed by atoms with Crippen LogP contribution in [0.1, 0.15) is 55.3 Å². The van der Waals surface area contributed by atoms with Crippen LogP contribution in [0.2, 0.25) is 0 Å². The number of benzene rings is 2. The second kappa shape index (κ2) is 10.8. The summed E-state index contributed by atoms with van der Waals surface area (Å²) >= 11 is 0. The van der Waals surface area contributed by atoms with E-state index in [-0.39, 0.29) is 23.9 Å². The average molecular weight is 492 g/mol. The van der Waals surface area contributed by atoms with Crippen LogP contribution in [0.4, 0.5) is 5.69 Å². The van der Waals surface area contributed by atoms with E-state index < -0.39 is 6.04 Å². The number of nitrogens with one attached hydrogen (secondary N) is 1. The maximum absolute atomic E-state index is 13.8. The van der Waals surface area contributed by atoms with Crippen molar-refractivity contribution >= 4 is 17.5 Å². The van der Waals surface area contributed by atoms with Crippen molar-refractivity contribution in [3.63, 3.8) is 0 Å². The molecule has 0 spiro atoms. The number of amides is 2. The number of carbonyl (C=O) groups excluding carboxylic acids is 2. The number of anilines is 1. The number of piperidine rings is 1. The van der Waals surface area contributed by atoms with Crippen LogP contribution in [-0.2, 0) is 4.79 Å². The molecule has 3 unspecified atom stereocenters. The minimum atomic E-state index is -0.421. The van der Waals surface area contributed by atoms with E-state index >= 15 is 0 Å². The van der Waals surface area contributed by atoms with Gasteiger partial charge in [-0.15, -0.1) is 0 Å². The maximum Gasteiger partial charge on any atom is 0.258 e. The molecule has 1 N–H and O–H groups in total. The maximum atomic E-state index is 13.8.